The summed E-state index contributed by atoms with van der Waals surface area (Å²) in [6.07, 6.45) is 6.44. The lowest BCUT2D eigenvalue weighted by Crippen LogP contribution is -2.32. The molecule has 0 amide bonds. The minimum atomic E-state index is 0. The molecule has 1 N–H and O–H groups in total. The quantitative estimate of drug-likeness (QED) is 0.438. The number of hydrogen-bond donors (Lipinski definition) is 1. The Kier molecular flexibility index (Phi) is 14.4. The van der Waals surface area contributed by atoms with Crippen LogP contribution in [0.4, 0.5) is 0 Å². The molecule has 0 unspecified atom stereocenters. The molecule has 2 aromatic rings. The second kappa shape index (κ2) is 16.3. The summed E-state index contributed by atoms with van der Waals surface area (Å²) in [5.74, 6) is 1.77. The first-order valence-electron chi connectivity index (χ1n) is 10.7. The molecule has 1 heterocycles. The van der Waals surface area contributed by atoms with Crippen LogP contribution in [0.3, 0.4) is 0 Å². The molecule has 2 aromatic carbocycles. The number of halogens is 2. The zero-order valence-electron chi connectivity index (χ0n) is 17.8. The van der Waals surface area contributed by atoms with Crippen molar-refractivity contribution in [3.05, 3.63) is 60.2 Å². The van der Waals surface area contributed by atoms with Crippen LogP contribution in [0.1, 0.15) is 37.7 Å². The van der Waals surface area contributed by atoms with Gasteiger partial charge in [-0.1, -0.05) is 36.8 Å². The van der Waals surface area contributed by atoms with Gasteiger partial charge in [0.1, 0.15) is 18.1 Å². The molecule has 0 aliphatic carbocycles. The number of rotatable bonds is 12. The minimum absolute atomic E-state index is 0. The second-order valence-corrected chi connectivity index (χ2v) is 7.45. The van der Waals surface area contributed by atoms with Gasteiger partial charge >= 0.3 is 0 Å². The fraction of sp³-hybridized carbons (Fsp3) is 0.500. The van der Waals surface area contributed by atoms with E-state index in [2.05, 4.69) is 22.3 Å². The van der Waals surface area contributed by atoms with Crippen molar-refractivity contribution in [1.29, 1.82) is 0 Å². The van der Waals surface area contributed by atoms with Gasteiger partial charge in [-0.3, -0.25) is 0 Å². The summed E-state index contributed by atoms with van der Waals surface area (Å²) in [5, 5.41) is 3.53. The molecule has 168 valence electrons. The molecule has 1 fully saturated rings. The van der Waals surface area contributed by atoms with Gasteiger partial charge in [-0.2, -0.15) is 0 Å². The summed E-state index contributed by atoms with van der Waals surface area (Å²) in [6.45, 7) is 7.27. The van der Waals surface area contributed by atoms with Gasteiger partial charge in [0.25, 0.3) is 0 Å². The third-order valence-electron chi connectivity index (χ3n) is 5.12. The third-order valence-corrected chi connectivity index (χ3v) is 5.12. The van der Waals surface area contributed by atoms with Crippen LogP contribution in [0, 0.1) is 0 Å². The van der Waals surface area contributed by atoms with E-state index in [1.165, 1.54) is 50.9 Å². The van der Waals surface area contributed by atoms with E-state index in [4.69, 9.17) is 9.47 Å². The van der Waals surface area contributed by atoms with E-state index in [1.807, 2.05) is 42.5 Å². The molecule has 3 rings (SSSR count). The predicted octanol–water partition coefficient (Wildman–Crippen LogP) is 5.34. The smallest absolute Gasteiger partial charge is 0.120 e. The van der Waals surface area contributed by atoms with E-state index < -0.39 is 0 Å². The topological polar surface area (TPSA) is 33.7 Å². The molecule has 6 heteroatoms. The Hall–Kier alpha value is -1.46. The van der Waals surface area contributed by atoms with Crippen LogP contribution in [0.5, 0.6) is 11.5 Å². The number of hydrogen-bond acceptors (Lipinski definition) is 4. The molecule has 0 atom stereocenters. The zero-order chi connectivity index (χ0) is 19.3. The number of nitrogens with one attached hydrogen (secondary N) is 1. The molecule has 0 bridgehead atoms. The van der Waals surface area contributed by atoms with Crippen LogP contribution in [0.2, 0.25) is 0 Å². The largest absolute Gasteiger partial charge is 0.494 e. The van der Waals surface area contributed by atoms with Crippen LogP contribution < -0.4 is 14.8 Å². The first-order chi connectivity index (χ1) is 13.9. The number of likely N-dealkylation sites (tertiary alicyclic amines) is 1. The van der Waals surface area contributed by atoms with Gasteiger partial charge in [0.2, 0.25) is 0 Å². The molecule has 4 nitrogen and oxygen atoms in total. The molecular weight excluding hydrogens is 419 g/mol. The molecule has 0 saturated carbocycles. The van der Waals surface area contributed by atoms with Crippen molar-refractivity contribution in [3.63, 3.8) is 0 Å². The van der Waals surface area contributed by atoms with Crippen LogP contribution >= 0.6 is 24.8 Å². The van der Waals surface area contributed by atoms with Crippen molar-refractivity contribution < 1.29 is 9.47 Å². The van der Waals surface area contributed by atoms with E-state index in [9.17, 15) is 0 Å². The molecule has 30 heavy (non-hydrogen) atoms. The number of ether oxygens (including phenoxy) is 2. The summed E-state index contributed by atoms with van der Waals surface area (Å²) in [5.41, 5.74) is 1.17. The standard InChI is InChI=1S/C24H34N2O2.2ClH/c1-3-9-22(10-4-1)21-28-24-13-11-23(12-14-24)27-20-8-16-25-15-7-19-26-17-5-2-6-18-26;;/h1,3-4,9-14,25H,2,5-8,15-21H2;2*1H. The highest BCUT2D eigenvalue weighted by Gasteiger charge is 2.08. The van der Waals surface area contributed by atoms with Crippen molar-refractivity contribution in [2.45, 2.75) is 38.7 Å². The number of nitrogens with zero attached hydrogens (tertiary/aromatic N) is 1. The fourth-order valence-electron chi connectivity index (χ4n) is 3.50. The van der Waals surface area contributed by atoms with Crippen molar-refractivity contribution >= 4 is 24.8 Å². The monoisotopic (exact) mass is 454 g/mol. The van der Waals surface area contributed by atoms with E-state index in [0.29, 0.717) is 6.61 Å². The Morgan fingerprint density at radius 2 is 1.37 bits per heavy atom. The van der Waals surface area contributed by atoms with Gasteiger partial charge in [-0.15, -0.1) is 24.8 Å². The van der Waals surface area contributed by atoms with Crippen molar-refractivity contribution in [2.24, 2.45) is 0 Å². The van der Waals surface area contributed by atoms with Gasteiger partial charge in [0.15, 0.2) is 0 Å². The average Bonchev–Trinajstić information content (AvgIpc) is 2.76. The number of piperidine rings is 1. The molecule has 0 radical (unpaired) electrons. The summed E-state index contributed by atoms with van der Waals surface area (Å²) < 4.78 is 11.6. The summed E-state index contributed by atoms with van der Waals surface area (Å²) in [7, 11) is 0. The minimum Gasteiger partial charge on any atom is -0.494 e. The van der Waals surface area contributed by atoms with Gasteiger partial charge < -0.3 is 19.7 Å². The van der Waals surface area contributed by atoms with E-state index in [-0.39, 0.29) is 24.8 Å². The maximum atomic E-state index is 5.82. The van der Waals surface area contributed by atoms with Crippen molar-refractivity contribution in [2.75, 3.05) is 39.3 Å². The lowest BCUT2D eigenvalue weighted by Gasteiger charge is -2.26. The van der Waals surface area contributed by atoms with E-state index in [0.717, 1.165) is 37.6 Å². The summed E-state index contributed by atoms with van der Waals surface area (Å²) in [6, 6.07) is 18.1. The molecular formula is C24H36Cl2N2O2. The average molecular weight is 455 g/mol. The lowest BCUT2D eigenvalue weighted by molar-refractivity contribution is 0.225. The summed E-state index contributed by atoms with van der Waals surface area (Å²) >= 11 is 0. The molecule has 0 spiro atoms. The maximum absolute atomic E-state index is 5.82. The highest BCUT2D eigenvalue weighted by atomic mass is 35.5. The zero-order valence-corrected chi connectivity index (χ0v) is 19.4. The predicted molar refractivity (Wildman–Crippen MR) is 130 cm³/mol. The summed E-state index contributed by atoms with van der Waals surface area (Å²) in [4.78, 5) is 2.60. The van der Waals surface area contributed by atoms with Crippen LogP contribution in [0.15, 0.2) is 54.6 Å². The second-order valence-electron chi connectivity index (χ2n) is 7.45. The Balaban J connectivity index is 0.00000225. The van der Waals surface area contributed by atoms with Gasteiger partial charge in [0.05, 0.1) is 6.61 Å². The van der Waals surface area contributed by atoms with Gasteiger partial charge in [-0.05, 0) is 88.2 Å². The molecule has 1 aliphatic rings. The van der Waals surface area contributed by atoms with Crippen molar-refractivity contribution in [1.82, 2.24) is 10.2 Å². The fourth-order valence-corrected chi connectivity index (χ4v) is 3.50. The molecule has 1 aliphatic heterocycles. The van der Waals surface area contributed by atoms with Crippen LogP contribution in [0.25, 0.3) is 0 Å². The van der Waals surface area contributed by atoms with Crippen LogP contribution in [-0.2, 0) is 6.61 Å². The van der Waals surface area contributed by atoms with E-state index >= 15 is 0 Å². The normalized spacial score (nSPS) is 13.7. The maximum Gasteiger partial charge on any atom is 0.120 e. The third kappa shape index (κ3) is 10.5. The molecule has 1 saturated heterocycles. The van der Waals surface area contributed by atoms with E-state index in [1.54, 1.807) is 0 Å². The Bertz CT molecular complexity index is 650. The highest BCUT2D eigenvalue weighted by Crippen LogP contribution is 2.18. The van der Waals surface area contributed by atoms with Crippen molar-refractivity contribution in [3.8, 4) is 11.5 Å². The lowest BCUT2D eigenvalue weighted by atomic mass is 10.1. The van der Waals surface area contributed by atoms with Crippen LogP contribution in [-0.4, -0.2) is 44.2 Å². The SMILES string of the molecule is Cl.Cl.c1ccc(COc2ccc(OCCCNCCCN3CCCCC3)cc2)cc1. The number of benzene rings is 2. The Labute approximate surface area is 194 Å². The first kappa shape index (κ1) is 26.6. The molecule has 0 aromatic heterocycles. The Morgan fingerprint density at radius 3 is 2.07 bits per heavy atom. The Morgan fingerprint density at radius 1 is 0.733 bits per heavy atom. The highest BCUT2D eigenvalue weighted by molar-refractivity contribution is 5.85. The van der Waals surface area contributed by atoms with Gasteiger partial charge in [0, 0.05) is 0 Å². The van der Waals surface area contributed by atoms with Gasteiger partial charge in [-0.25, -0.2) is 0 Å². The first-order valence-corrected chi connectivity index (χ1v) is 10.7.